The van der Waals surface area contributed by atoms with Gasteiger partial charge in [-0.15, -0.1) is 12.6 Å². The molecule has 1 aromatic rings. The molecule has 2 rings (SSSR count). The van der Waals surface area contributed by atoms with Crippen LogP contribution >= 0.6 is 28.6 Å². The van der Waals surface area contributed by atoms with Crippen LogP contribution < -0.4 is 0 Å². The topological polar surface area (TPSA) is 26.3 Å². The Kier molecular flexibility index (Phi) is 3.36. The fourth-order valence-corrected chi connectivity index (χ4v) is 1.99. The first-order valence-electron chi connectivity index (χ1n) is 4.86. The average Bonchev–Trinajstić information content (AvgIpc) is 2.15. The van der Waals surface area contributed by atoms with Crippen LogP contribution in [-0.2, 0) is 4.74 Å². The smallest absolute Gasteiger partial charge is 0.339 e. The molecule has 0 radical (unpaired) electrons. The van der Waals surface area contributed by atoms with E-state index in [0.717, 1.165) is 28.6 Å². The molecule has 2 nitrogen and oxygen atoms in total. The molecule has 0 spiro atoms. The van der Waals surface area contributed by atoms with Gasteiger partial charge in [0.1, 0.15) is 6.10 Å². The molecule has 1 saturated carbocycles. The average molecular weight is 287 g/mol. The lowest BCUT2D eigenvalue weighted by atomic mass is 9.96. The molecule has 1 aliphatic rings. The van der Waals surface area contributed by atoms with Crippen LogP contribution in [0.5, 0.6) is 0 Å². The molecule has 0 N–H and O–H groups in total. The van der Waals surface area contributed by atoms with E-state index in [0.29, 0.717) is 5.56 Å². The summed E-state index contributed by atoms with van der Waals surface area (Å²) in [5.41, 5.74) is 0.550. The maximum absolute atomic E-state index is 11.7. The molecule has 0 bridgehead atoms. The van der Waals surface area contributed by atoms with Gasteiger partial charge in [-0.3, -0.25) is 0 Å². The lowest BCUT2D eigenvalue weighted by Gasteiger charge is -2.25. The normalized spacial score (nSPS) is 15.9. The van der Waals surface area contributed by atoms with Crippen molar-refractivity contribution in [2.45, 2.75) is 30.3 Å². The number of benzene rings is 1. The Morgan fingerprint density at radius 1 is 1.47 bits per heavy atom. The number of rotatable bonds is 2. The van der Waals surface area contributed by atoms with Crippen molar-refractivity contribution in [1.82, 2.24) is 0 Å². The Labute approximate surface area is 103 Å². The van der Waals surface area contributed by atoms with E-state index in [4.69, 9.17) is 4.74 Å². The van der Waals surface area contributed by atoms with Crippen LogP contribution in [0.25, 0.3) is 0 Å². The van der Waals surface area contributed by atoms with Crippen molar-refractivity contribution in [3.05, 3.63) is 28.2 Å². The number of carbonyl (C=O) groups excluding carboxylic acids is 1. The van der Waals surface area contributed by atoms with Crippen LogP contribution in [0.1, 0.15) is 29.6 Å². The fraction of sp³-hybridized carbons (Fsp3) is 0.364. The maximum atomic E-state index is 11.7. The first-order chi connectivity index (χ1) is 7.16. The predicted octanol–water partition coefficient (Wildman–Crippen LogP) is 3.45. The quantitative estimate of drug-likeness (QED) is 0.666. The highest BCUT2D eigenvalue weighted by Crippen LogP contribution is 2.26. The minimum Gasteiger partial charge on any atom is -0.459 e. The van der Waals surface area contributed by atoms with Gasteiger partial charge in [-0.1, -0.05) is 0 Å². The minimum absolute atomic E-state index is 0.118. The molecule has 80 valence electrons. The highest BCUT2D eigenvalue weighted by atomic mass is 79.9. The van der Waals surface area contributed by atoms with E-state index >= 15 is 0 Å². The summed E-state index contributed by atoms with van der Waals surface area (Å²) in [5, 5.41) is 0. The summed E-state index contributed by atoms with van der Waals surface area (Å²) in [5.74, 6) is -0.262. The molecule has 0 amide bonds. The molecular weight excluding hydrogens is 276 g/mol. The monoisotopic (exact) mass is 286 g/mol. The van der Waals surface area contributed by atoms with Gasteiger partial charge in [0.2, 0.25) is 0 Å². The van der Waals surface area contributed by atoms with Crippen LogP contribution in [0.15, 0.2) is 27.6 Å². The molecule has 0 aromatic heterocycles. The molecule has 0 unspecified atom stereocenters. The number of halogens is 1. The molecule has 1 fully saturated rings. The molecular formula is C11H11BrO2S. The highest BCUT2D eigenvalue weighted by molar-refractivity contribution is 9.10. The summed E-state index contributed by atoms with van der Waals surface area (Å²) in [6, 6.07) is 5.35. The predicted molar refractivity (Wildman–Crippen MR) is 64.4 cm³/mol. The van der Waals surface area contributed by atoms with E-state index in [1.54, 1.807) is 12.1 Å². The van der Waals surface area contributed by atoms with Crippen LogP contribution in [0, 0.1) is 0 Å². The number of esters is 1. The van der Waals surface area contributed by atoms with Crippen molar-refractivity contribution in [1.29, 1.82) is 0 Å². The zero-order chi connectivity index (χ0) is 10.8. The molecule has 1 aliphatic carbocycles. The van der Waals surface area contributed by atoms with Gasteiger partial charge in [-0.25, -0.2) is 4.79 Å². The van der Waals surface area contributed by atoms with Crippen molar-refractivity contribution in [3.63, 3.8) is 0 Å². The summed E-state index contributed by atoms with van der Waals surface area (Å²) in [7, 11) is 0. The van der Waals surface area contributed by atoms with Gasteiger partial charge in [0.15, 0.2) is 0 Å². The fourth-order valence-electron chi connectivity index (χ4n) is 1.37. The zero-order valence-electron chi connectivity index (χ0n) is 8.07. The lowest BCUT2D eigenvalue weighted by Crippen LogP contribution is -2.25. The van der Waals surface area contributed by atoms with E-state index in [2.05, 4.69) is 28.6 Å². The van der Waals surface area contributed by atoms with Gasteiger partial charge in [0, 0.05) is 9.37 Å². The van der Waals surface area contributed by atoms with Gasteiger partial charge in [0.05, 0.1) is 5.56 Å². The van der Waals surface area contributed by atoms with E-state index in [1.165, 1.54) is 0 Å². The van der Waals surface area contributed by atoms with Crippen molar-refractivity contribution in [2.75, 3.05) is 0 Å². The summed E-state index contributed by atoms with van der Waals surface area (Å²) in [6.07, 6.45) is 3.26. The lowest BCUT2D eigenvalue weighted by molar-refractivity contribution is 0.00888. The first kappa shape index (κ1) is 11.0. The molecule has 1 aromatic carbocycles. The Morgan fingerprint density at radius 2 is 2.20 bits per heavy atom. The van der Waals surface area contributed by atoms with Crippen LogP contribution in [0.3, 0.4) is 0 Å². The SMILES string of the molecule is O=C(OC1CCC1)c1cc(S)ccc1Br. The Bertz CT molecular complexity index is 388. The van der Waals surface area contributed by atoms with Crippen molar-refractivity contribution < 1.29 is 9.53 Å². The van der Waals surface area contributed by atoms with Gasteiger partial charge in [0.25, 0.3) is 0 Å². The number of carbonyl (C=O) groups is 1. The van der Waals surface area contributed by atoms with Gasteiger partial charge in [-0.2, -0.15) is 0 Å². The molecule has 0 saturated heterocycles. The first-order valence-corrected chi connectivity index (χ1v) is 6.10. The van der Waals surface area contributed by atoms with E-state index < -0.39 is 0 Å². The second-order valence-corrected chi connectivity index (χ2v) is 4.99. The molecule has 0 atom stereocenters. The third kappa shape index (κ3) is 2.55. The number of hydrogen-bond donors (Lipinski definition) is 1. The Morgan fingerprint density at radius 3 is 2.80 bits per heavy atom. The molecule has 15 heavy (non-hydrogen) atoms. The van der Waals surface area contributed by atoms with Crippen molar-refractivity contribution in [2.24, 2.45) is 0 Å². The largest absolute Gasteiger partial charge is 0.459 e. The minimum atomic E-state index is -0.262. The summed E-state index contributed by atoms with van der Waals surface area (Å²) in [6.45, 7) is 0. The summed E-state index contributed by atoms with van der Waals surface area (Å²) < 4.78 is 6.06. The molecule has 0 aliphatic heterocycles. The molecule has 4 heteroatoms. The number of ether oxygens (including phenoxy) is 1. The van der Waals surface area contributed by atoms with Crippen LogP contribution in [0.4, 0.5) is 0 Å². The molecule has 0 heterocycles. The van der Waals surface area contributed by atoms with Crippen molar-refractivity contribution in [3.8, 4) is 0 Å². The van der Waals surface area contributed by atoms with E-state index in [1.807, 2.05) is 6.07 Å². The number of hydrogen-bond acceptors (Lipinski definition) is 3. The van der Waals surface area contributed by atoms with Crippen LogP contribution in [-0.4, -0.2) is 12.1 Å². The second-order valence-electron chi connectivity index (χ2n) is 3.62. The van der Waals surface area contributed by atoms with Gasteiger partial charge < -0.3 is 4.74 Å². The summed E-state index contributed by atoms with van der Waals surface area (Å²) >= 11 is 7.52. The summed E-state index contributed by atoms with van der Waals surface area (Å²) in [4.78, 5) is 12.5. The standard InChI is InChI=1S/C11H11BrO2S/c12-10-5-4-8(15)6-9(10)11(13)14-7-2-1-3-7/h4-7,15H,1-3H2. The van der Waals surface area contributed by atoms with E-state index in [9.17, 15) is 4.79 Å². The Hall–Kier alpha value is -0.480. The van der Waals surface area contributed by atoms with Gasteiger partial charge >= 0.3 is 5.97 Å². The maximum Gasteiger partial charge on any atom is 0.339 e. The Balaban J connectivity index is 2.12. The van der Waals surface area contributed by atoms with E-state index in [-0.39, 0.29) is 12.1 Å². The zero-order valence-corrected chi connectivity index (χ0v) is 10.6. The third-order valence-corrected chi connectivity index (χ3v) is 3.47. The van der Waals surface area contributed by atoms with Crippen LogP contribution in [0.2, 0.25) is 0 Å². The third-order valence-electron chi connectivity index (χ3n) is 2.50. The highest BCUT2D eigenvalue weighted by Gasteiger charge is 2.23. The second kappa shape index (κ2) is 4.58. The number of thiol groups is 1. The van der Waals surface area contributed by atoms with Gasteiger partial charge in [-0.05, 0) is 53.4 Å². The van der Waals surface area contributed by atoms with Crippen molar-refractivity contribution >= 4 is 34.5 Å².